The third-order valence-corrected chi connectivity index (χ3v) is 3.80. The van der Waals surface area contributed by atoms with Crippen LogP contribution in [0.5, 0.6) is 0 Å². The topological polar surface area (TPSA) is 69.0 Å². The van der Waals surface area contributed by atoms with Crippen LogP contribution < -0.4 is 5.32 Å². The van der Waals surface area contributed by atoms with Crippen LogP contribution in [0.25, 0.3) is 11.3 Å². The molecule has 2 rings (SSSR count). The van der Waals surface area contributed by atoms with Crippen molar-refractivity contribution in [1.29, 1.82) is 0 Å². The van der Waals surface area contributed by atoms with Crippen LogP contribution in [0.15, 0.2) is 30.6 Å². The number of alkyl carbamates (subject to hydrolysis) is 1. The van der Waals surface area contributed by atoms with Crippen molar-refractivity contribution in [2.24, 2.45) is 0 Å². The van der Waals surface area contributed by atoms with Gasteiger partial charge in [0.15, 0.2) is 0 Å². The number of hydrogen-bond acceptors (Lipinski definition) is 4. The summed E-state index contributed by atoms with van der Waals surface area (Å²) in [5.74, 6) is 0. The van der Waals surface area contributed by atoms with Crippen molar-refractivity contribution in [2.45, 2.75) is 65.5 Å². The summed E-state index contributed by atoms with van der Waals surface area (Å²) in [6, 6.07) is 6.01. The van der Waals surface area contributed by atoms with Crippen molar-refractivity contribution in [3.63, 3.8) is 0 Å². The number of nitrogens with zero attached hydrogens (tertiary/aromatic N) is 3. The highest BCUT2D eigenvalue weighted by Crippen LogP contribution is 2.16. The minimum absolute atomic E-state index is 0.341. The molecule has 26 heavy (non-hydrogen) atoms. The number of aromatic nitrogens is 3. The Balaban J connectivity index is 1.60. The van der Waals surface area contributed by atoms with Crippen LogP contribution in [0.4, 0.5) is 4.79 Å². The van der Waals surface area contributed by atoms with E-state index in [4.69, 9.17) is 4.74 Å². The fourth-order valence-electron chi connectivity index (χ4n) is 2.58. The van der Waals surface area contributed by atoms with Crippen LogP contribution in [-0.2, 0) is 11.3 Å². The van der Waals surface area contributed by atoms with Crippen molar-refractivity contribution < 1.29 is 9.53 Å². The quantitative estimate of drug-likeness (QED) is 0.713. The lowest BCUT2D eigenvalue weighted by Crippen LogP contribution is -2.32. The molecule has 0 bridgehead atoms. The van der Waals surface area contributed by atoms with Crippen molar-refractivity contribution >= 4 is 6.09 Å². The Morgan fingerprint density at radius 2 is 1.96 bits per heavy atom. The second-order valence-corrected chi connectivity index (χ2v) is 7.50. The molecule has 0 aromatic carbocycles. The SMILES string of the molecule is Cc1cccc(-c2cnn(CCCCCCNC(=O)OC(C)(C)C)c2)n1. The minimum Gasteiger partial charge on any atom is -0.444 e. The van der Waals surface area contributed by atoms with Gasteiger partial charge in [0.05, 0.1) is 11.9 Å². The predicted octanol–water partition coefficient (Wildman–Crippen LogP) is 4.34. The van der Waals surface area contributed by atoms with E-state index in [1.165, 1.54) is 0 Å². The molecule has 0 saturated carbocycles. The molecule has 1 amide bonds. The summed E-state index contributed by atoms with van der Waals surface area (Å²) in [6.45, 7) is 9.13. The number of rotatable bonds is 8. The van der Waals surface area contributed by atoms with E-state index in [9.17, 15) is 4.79 Å². The molecule has 0 fully saturated rings. The maximum atomic E-state index is 11.5. The molecule has 1 N–H and O–H groups in total. The van der Waals surface area contributed by atoms with E-state index in [-0.39, 0.29) is 6.09 Å². The molecule has 6 heteroatoms. The lowest BCUT2D eigenvalue weighted by molar-refractivity contribution is 0.0527. The van der Waals surface area contributed by atoms with Crippen LogP contribution in [-0.4, -0.2) is 33.0 Å². The minimum atomic E-state index is -0.444. The second-order valence-electron chi connectivity index (χ2n) is 7.50. The fraction of sp³-hybridized carbons (Fsp3) is 0.550. The van der Waals surface area contributed by atoms with Gasteiger partial charge in [-0.05, 0) is 52.7 Å². The Hall–Kier alpha value is -2.37. The first-order valence-electron chi connectivity index (χ1n) is 9.27. The molecule has 0 aliphatic rings. The molecule has 2 heterocycles. The summed E-state index contributed by atoms with van der Waals surface area (Å²) in [7, 11) is 0. The highest BCUT2D eigenvalue weighted by molar-refractivity contribution is 5.67. The molecule has 6 nitrogen and oxygen atoms in total. The van der Waals surface area contributed by atoms with Crippen molar-refractivity contribution in [3.8, 4) is 11.3 Å². The lowest BCUT2D eigenvalue weighted by atomic mass is 10.2. The first-order chi connectivity index (χ1) is 12.3. The number of carbonyl (C=O) groups is 1. The predicted molar refractivity (Wildman–Crippen MR) is 103 cm³/mol. The Morgan fingerprint density at radius 1 is 1.19 bits per heavy atom. The Labute approximate surface area is 156 Å². The first kappa shape index (κ1) is 19.9. The zero-order valence-corrected chi connectivity index (χ0v) is 16.3. The van der Waals surface area contributed by atoms with Gasteiger partial charge in [-0.2, -0.15) is 5.10 Å². The number of ether oxygens (including phenoxy) is 1. The number of pyridine rings is 1. The van der Waals surface area contributed by atoms with Gasteiger partial charge in [0.25, 0.3) is 0 Å². The van der Waals surface area contributed by atoms with Crippen molar-refractivity contribution in [2.75, 3.05) is 6.54 Å². The van der Waals surface area contributed by atoms with Gasteiger partial charge in [0, 0.05) is 30.5 Å². The summed E-state index contributed by atoms with van der Waals surface area (Å²) in [5.41, 5.74) is 2.58. The summed E-state index contributed by atoms with van der Waals surface area (Å²) >= 11 is 0. The maximum Gasteiger partial charge on any atom is 0.407 e. The number of aryl methyl sites for hydroxylation is 2. The third kappa shape index (κ3) is 7.25. The normalized spacial score (nSPS) is 11.4. The molecule has 0 saturated heterocycles. The van der Waals surface area contributed by atoms with Crippen LogP contribution in [0.2, 0.25) is 0 Å². The molecule has 0 atom stereocenters. The van der Waals surface area contributed by atoms with Gasteiger partial charge in [0.2, 0.25) is 0 Å². The van der Waals surface area contributed by atoms with Crippen molar-refractivity contribution in [3.05, 3.63) is 36.3 Å². The van der Waals surface area contributed by atoms with E-state index >= 15 is 0 Å². The summed E-state index contributed by atoms with van der Waals surface area (Å²) in [5, 5.41) is 7.20. The van der Waals surface area contributed by atoms with Crippen LogP contribution in [0.3, 0.4) is 0 Å². The largest absolute Gasteiger partial charge is 0.444 e. The van der Waals surface area contributed by atoms with Gasteiger partial charge in [0.1, 0.15) is 5.60 Å². The zero-order valence-electron chi connectivity index (χ0n) is 16.3. The van der Waals surface area contributed by atoms with E-state index in [0.29, 0.717) is 6.54 Å². The molecule has 0 aliphatic heterocycles. The number of nitrogens with one attached hydrogen (secondary N) is 1. The highest BCUT2D eigenvalue weighted by Gasteiger charge is 2.15. The summed E-state index contributed by atoms with van der Waals surface area (Å²) < 4.78 is 7.17. The van der Waals surface area contributed by atoms with E-state index < -0.39 is 5.60 Å². The average molecular weight is 358 g/mol. The zero-order chi connectivity index (χ0) is 19.0. The summed E-state index contributed by atoms with van der Waals surface area (Å²) in [6.07, 6.45) is 7.77. The standard InChI is InChI=1S/C20H30N4O2/c1-16-10-9-11-18(23-16)17-14-22-24(15-17)13-8-6-5-7-12-21-19(25)26-20(2,3)4/h9-11,14-15H,5-8,12-13H2,1-4H3,(H,21,25). The monoisotopic (exact) mass is 358 g/mol. The number of unbranched alkanes of at least 4 members (excludes halogenated alkanes) is 3. The maximum absolute atomic E-state index is 11.5. The fourth-order valence-corrected chi connectivity index (χ4v) is 2.58. The van der Waals surface area contributed by atoms with Crippen molar-refractivity contribution in [1.82, 2.24) is 20.1 Å². The average Bonchev–Trinajstić information content (AvgIpc) is 3.01. The summed E-state index contributed by atoms with van der Waals surface area (Å²) in [4.78, 5) is 16.0. The molecule has 2 aromatic heterocycles. The molecule has 2 aromatic rings. The Morgan fingerprint density at radius 3 is 2.69 bits per heavy atom. The first-order valence-corrected chi connectivity index (χ1v) is 9.27. The van der Waals surface area contributed by atoms with E-state index in [1.54, 1.807) is 0 Å². The Kier molecular flexibility index (Phi) is 7.18. The Bertz CT molecular complexity index is 704. The number of hydrogen-bond donors (Lipinski definition) is 1. The highest BCUT2D eigenvalue weighted by atomic mass is 16.6. The molecule has 0 spiro atoms. The molecular formula is C20H30N4O2. The third-order valence-electron chi connectivity index (χ3n) is 3.80. The van der Waals surface area contributed by atoms with Gasteiger partial charge in [-0.1, -0.05) is 18.9 Å². The number of carbonyl (C=O) groups excluding carboxylic acids is 1. The molecule has 142 valence electrons. The second kappa shape index (κ2) is 9.36. The molecular weight excluding hydrogens is 328 g/mol. The van der Waals surface area contributed by atoms with E-state index in [0.717, 1.165) is 49.2 Å². The van der Waals surface area contributed by atoms with Crippen LogP contribution >= 0.6 is 0 Å². The lowest BCUT2D eigenvalue weighted by Gasteiger charge is -2.19. The molecule has 0 aliphatic carbocycles. The van der Waals surface area contributed by atoms with Crippen LogP contribution in [0, 0.1) is 6.92 Å². The molecule has 0 unspecified atom stereocenters. The van der Waals surface area contributed by atoms with Gasteiger partial charge < -0.3 is 10.1 Å². The van der Waals surface area contributed by atoms with E-state index in [1.807, 2.05) is 63.0 Å². The van der Waals surface area contributed by atoms with Gasteiger partial charge in [-0.25, -0.2) is 4.79 Å². The van der Waals surface area contributed by atoms with Gasteiger partial charge in [-0.15, -0.1) is 0 Å². The number of amides is 1. The van der Waals surface area contributed by atoms with Crippen LogP contribution in [0.1, 0.15) is 52.1 Å². The van der Waals surface area contributed by atoms with E-state index in [2.05, 4.69) is 15.4 Å². The molecule has 0 radical (unpaired) electrons. The smallest absolute Gasteiger partial charge is 0.407 e. The van der Waals surface area contributed by atoms with Gasteiger partial charge in [-0.3, -0.25) is 9.67 Å². The van der Waals surface area contributed by atoms with Gasteiger partial charge >= 0.3 is 6.09 Å².